The number of benzene rings is 4. The molecule has 0 aromatic heterocycles. The molecule has 40 heavy (non-hydrogen) atoms. The summed E-state index contributed by atoms with van der Waals surface area (Å²) in [5, 5.41) is 0. The van der Waals surface area contributed by atoms with Crippen LogP contribution in [0.25, 0.3) is 0 Å². The Balaban J connectivity index is 1.40. The summed E-state index contributed by atoms with van der Waals surface area (Å²) in [5.74, 6) is -1.81. The van der Waals surface area contributed by atoms with Crippen LogP contribution in [-0.2, 0) is 33.8 Å². The molecule has 1 fully saturated rings. The van der Waals surface area contributed by atoms with Gasteiger partial charge in [0.2, 0.25) is 5.91 Å². The fourth-order valence-corrected chi connectivity index (χ4v) is 5.12. The molecule has 6 heteroatoms. The minimum atomic E-state index is -0.996. The molecule has 4 aromatic carbocycles. The van der Waals surface area contributed by atoms with Crippen molar-refractivity contribution in [3.63, 3.8) is 0 Å². The van der Waals surface area contributed by atoms with Crippen LogP contribution >= 0.6 is 0 Å². The molecule has 0 spiro atoms. The molecule has 2 atom stereocenters. The van der Waals surface area contributed by atoms with Gasteiger partial charge in [-0.05, 0) is 47.7 Å². The Morgan fingerprint density at radius 3 is 1.93 bits per heavy atom. The molecular formula is C34H32N2O4. The number of amides is 2. The minimum Gasteiger partial charge on any atom is -0.446 e. The Kier molecular flexibility index (Phi) is 8.35. The van der Waals surface area contributed by atoms with E-state index in [2.05, 4.69) is 29.2 Å². The zero-order chi connectivity index (χ0) is 27.9. The summed E-state index contributed by atoms with van der Waals surface area (Å²) in [5.41, 5.74) is 4.99. The lowest BCUT2D eigenvalue weighted by molar-refractivity contribution is -0.139. The second-order valence-corrected chi connectivity index (χ2v) is 10.1. The predicted molar refractivity (Wildman–Crippen MR) is 154 cm³/mol. The fraction of sp³-hybridized carbons (Fsp3) is 0.206. The molecule has 5 rings (SSSR count). The highest BCUT2D eigenvalue weighted by molar-refractivity contribution is 6.06. The molecule has 0 saturated carbocycles. The summed E-state index contributed by atoms with van der Waals surface area (Å²) in [7, 11) is 0. The smallest absolute Gasteiger partial charge is 0.417 e. The third-order valence-corrected chi connectivity index (χ3v) is 7.23. The molecule has 1 aliphatic heterocycles. The molecule has 1 aliphatic rings. The van der Waals surface area contributed by atoms with Crippen LogP contribution in [0.3, 0.4) is 0 Å². The zero-order valence-electron chi connectivity index (χ0n) is 22.5. The van der Waals surface area contributed by atoms with Crippen molar-refractivity contribution in [1.29, 1.82) is 0 Å². The van der Waals surface area contributed by atoms with E-state index in [1.54, 1.807) is 0 Å². The number of carbonyl (C=O) groups is 3. The van der Waals surface area contributed by atoms with Crippen molar-refractivity contribution < 1.29 is 19.1 Å². The highest BCUT2D eigenvalue weighted by Crippen LogP contribution is 2.31. The first-order chi connectivity index (χ1) is 19.5. The number of rotatable bonds is 10. The first-order valence-corrected chi connectivity index (χ1v) is 13.5. The van der Waals surface area contributed by atoms with Gasteiger partial charge >= 0.3 is 6.09 Å². The van der Waals surface area contributed by atoms with Crippen molar-refractivity contribution in [2.24, 2.45) is 5.92 Å². The van der Waals surface area contributed by atoms with Crippen LogP contribution in [0.15, 0.2) is 115 Å². The molecule has 0 unspecified atom stereocenters. The Hall–Kier alpha value is -4.71. The van der Waals surface area contributed by atoms with Crippen LogP contribution in [0, 0.1) is 5.92 Å². The standard InChI is InChI=1S/C34H32N2O4/c1-25(37)31(33(38)36-32(24-40-34(36)39)29-17-9-4-10-18-29)21-28-16-11-19-30(20-28)35(22-26-12-5-2-6-13-26)23-27-14-7-3-8-15-27/h2-20,31-32H,21-24H2,1H3/t31-,32-/m0/s1. The maximum atomic E-state index is 13.7. The van der Waals surface area contributed by atoms with Crippen molar-refractivity contribution in [3.8, 4) is 0 Å². The average molecular weight is 533 g/mol. The topological polar surface area (TPSA) is 66.9 Å². The third kappa shape index (κ3) is 6.29. The number of carbonyl (C=O) groups excluding carboxylic acids is 3. The van der Waals surface area contributed by atoms with Crippen molar-refractivity contribution in [2.75, 3.05) is 11.5 Å². The monoisotopic (exact) mass is 532 g/mol. The van der Waals surface area contributed by atoms with Crippen LogP contribution in [0.5, 0.6) is 0 Å². The van der Waals surface area contributed by atoms with E-state index in [0.29, 0.717) is 13.1 Å². The Morgan fingerprint density at radius 2 is 1.35 bits per heavy atom. The third-order valence-electron chi connectivity index (χ3n) is 7.23. The largest absolute Gasteiger partial charge is 0.446 e. The van der Waals surface area contributed by atoms with E-state index in [-0.39, 0.29) is 18.8 Å². The molecule has 4 aromatic rings. The molecule has 2 amide bonds. The van der Waals surface area contributed by atoms with Gasteiger partial charge < -0.3 is 9.64 Å². The fourth-order valence-electron chi connectivity index (χ4n) is 5.12. The summed E-state index contributed by atoms with van der Waals surface area (Å²) in [6.07, 6.45) is -0.520. The molecule has 1 saturated heterocycles. The molecule has 1 heterocycles. The number of anilines is 1. The molecule has 0 aliphatic carbocycles. The molecule has 0 N–H and O–H groups in total. The lowest BCUT2D eigenvalue weighted by Crippen LogP contribution is -2.41. The second kappa shape index (κ2) is 12.4. The van der Waals surface area contributed by atoms with Gasteiger partial charge in [-0.15, -0.1) is 0 Å². The summed E-state index contributed by atoms with van der Waals surface area (Å²) in [4.78, 5) is 42.5. The normalized spacial score (nSPS) is 15.4. The number of nitrogens with zero attached hydrogens (tertiary/aromatic N) is 2. The van der Waals surface area contributed by atoms with Crippen LogP contribution in [-0.4, -0.2) is 29.3 Å². The first-order valence-electron chi connectivity index (χ1n) is 13.5. The molecule has 0 bridgehead atoms. The highest BCUT2D eigenvalue weighted by atomic mass is 16.6. The van der Waals surface area contributed by atoms with E-state index in [9.17, 15) is 14.4 Å². The van der Waals surface area contributed by atoms with Crippen molar-refractivity contribution in [3.05, 3.63) is 138 Å². The SMILES string of the molecule is CC(=O)[C@H](Cc1cccc(N(Cc2ccccc2)Cc2ccccc2)c1)C(=O)N1C(=O)OC[C@H]1c1ccccc1. The summed E-state index contributed by atoms with van der Waals surface area (Å²) in [6.45, 7) is 2.88. The van der Waals surface area contributed by atoms with Gasteiger partial charge in [-0.25, -0.2) is 9.69 Å². The van der Waals surface area contributed by atoms with Crippen LogP contribution in [0.1, 0.15) is 35.2 Å². The predicted octanol–water partition coefficient (Wildman–Crippen LogP) is 6.36. The van der Waals surface area contributed by atoms with Gasteiger partial charge in [-0.1, -0.05) is 103 Å². The van der Waals surface area contributed by atoms with Crippen LogP contribution in [0.2, 0.25) is 0 Å². The highest BCUT2D eigenvalue weighted by Gasteiger charge is 2.42. The Morgan fingerprint density at radius 1 is 0.800 bits per heavy atom. The molecule has 0 radical (unpaired) electrons. The second-order valence-electron chi connectivity index (χ2n) is 10.1. The van der Waals surface area contributed by atoms with Gasteiger partial charge in [0, 0.05) is 18.8 Å². The van der Waals surface area contributed by atoms with Gasteiger partial charge in [-0.3, -0.25) is 9.59 Å². The van der Waals surface area contributed by atoms with Crippen molar-refractivity contribution in [1.82, 2.24) is 4.90 Å². The van der Waals surface area contributed by atoms with E-state index in [0.717, 1.165) is 21.7 Å². The average Bonchev–Trinajstić information content (AvgIpc) is 3.38. The Bertz CT molecular complexity index is 1420. The summed E-state index contributed by atoms with van der Waals surface area (Å²) in [6, 6.07) is 37.2. The number of ketones is 1. The number of Topliss-reactive ketones (excluding diaryl/α,β-unsaturated/α-hetero) is 1. The number of hydrogen-bond acceptors (Lipinski definition) is 5. The van der Waals surface area contributed by atoms with E-state index >= 15 is 0 Å². The lowest BCUT2D eigenvalue weighted by atomic mass is 9.93. The molecule has 202 valence electrons. The first kappa shape index (κ1) is 26.9. The van der Waals surface area contributed by atoms with Crippen LogP contribution in [0.4, 0.5) is 10.5 Å². The number of cyclic esters (lactones) is 1. The van der Waals surface area contributed by atoms with E-state index < -0.39 is 24.0 Å². The zero-order valence-corrected chi connectivity index (χ0v) is 22.5. The molecular weight excluding hydrogens is 500 g/mol. The van der Waals surface area contributed by atoms with E-state index in [1.165, 1.54) is 18.1 Å². The number of ether oxygens (including phenoxy) is 1. The lowest BCUT2D eigenvalue weighted by Gasteiger charge is -2.27. The summed E-state index contributed by atoms with van der Waals surface area (Å²) >= 11 is 0. The maximum Gasteiger partial charge on any atom is 0.417 e. The maximum absolute atomic E-state index is 13.7. The van der Waals surface area contributed by atoms with E-state index in [1.807, 2.05) is 91.0 Å². The van der Waals surface area contributed by atoms with Gasteiger partial charge in [-0.2, -0.15) is 0 Å². The van der Waals surface area contributed by atoms with Gasteiger partial charge in [0.1, 0.15) is 24.3 Å². The van der Waals surface area contributed by atoms with Gasteiger partial charge in [0.15, 0.2) is 0 Å². The van der Waals surface area contributed by atoms with E-state index in [4.69, 9.17) is 4.74 Å². The Labute approximate surface area is 234 Å². The summed E-state index contributed by atoms with van der Waals surface area (Å²) < 4.78 is 5.25. The number of imide groups is 1. The van der Waals surface area contributed by atoms with Gasteiger partial charge in [0.25, 0.3) is 0 Å². The van der Waals surface area contributed by atoms with Crippen molar-refractivity contribution >= 4 is 23.5 Å². The minimum absolute atomic E-state index is 0.0721. The van der Waals surface area contributed by atoms with Gasteiger partial charge in [0.05, 0.1) is 0 Å². The van der Waals surface area contributed by atoms with Crippen LogP contribution < -0.4 is 4.90 Å². The number of hydrogen-bond donors (Lipinski definition) is 0. The molecule has 6 nitrogen and oxygen atoms in total. The van der Waals surface area contributed by atoms with Crippen molar-refractivity contribution in [2.45, 2.75) is 32.5 Å². The quantitative estimate of drug-likeness (QED) is 0.222.